The number of anilines is 1. The van der Waals surface area contributed by atoms with Crippen LogP contribution in [0.2, 0.25) is 0 Å². The van der Waals surface area contributed by atoms with E-state index in [1.807, 2.05) is 13.8 Å². The fourth-order valence-corrected chi connectivity index (χ4v) is 2.90. The van der Waals surface area contributed by atoms with Crippen LogP contribution in [0, 0.1) is 11.8 Å². The van der Waals surface area contributed by atoms with E-state index in [-0.39, 0.29) is 29.5 Å². The van der Waals surface area contributed by atoms with Crippen molar-refractivity contribution in [3.8, 4) is 0 Å². The molecule has 0 saturated heterocycles. The normalized spacial score (nSPS) is 16.3. The van der Waals surface area contributed by atoms with E-state index in [4.69, 9.17) is 4.74 Å². The molecule has 136 valence electrons. The van der Waals surface area contributed by atoms with Gasteiger partial charge in [0.05, 0.1) is 5.92 Å². The van der Waals surface area contributed by atoms with E-state index in [9.17, 15) is 14.4 Å². The molecule has 0 aromatic heterocycles. The van der Waals surface area contributed by atoms with Crippen LogP contribution in [-0.2, 0) is 14.3 Å². The second-order valence-corrected chi connectivity index (χ2v) is 7.00. The van der Waals surface area contributed by atoms with Gasteiger partial charge in [-0.3, -0.25) is 14.4 Å². The molecule has 0 radical (unpaired) electrons. The Morgan fingerprint density at radius 2 is 1.60 bits per heavy atom. The number of amides is 1. The van der Waals surface area contributed by atoms with E-state index in [0.29, 0.717) is 11.3 Å². The monoisotopic (exact) mass is 345 g/mol. The maximum absolute atomic E-state index is 12.4. The number of esters is 1. The predicted octanol–water partition coefficient (Wildman–Crippen LogP) is 3.98. The van der Waals surface area contributed by atoms with Gasteiger partial charge in [0.15, 0.2) is 6.10 Å². The number of hydrogen-bond acceptors (Lipinski definition) is 4. The van der Waals surface area contributed by atoms with Gasteiger partial charge in [0.25, 0.3) is 0 Å². The highest BCUT2D eigenvalue weighted by molar-refractivity contribution is 6.01. The van der Waals surface area contributed by atoms with Gasteiger partial charge in [0, 0.05) is 17.2 Å². The fraction of sp³-hybridized carbons (Fsp3) is 0.550. The predicted molar refractivity (Wildman–Crippen MR) is 96.4 cm³/mol. The molecular formula is C20H27NO4. The van der Waals surface area contributed by atoms with E-state index < -0.39 is 6.10 Å². The fourth-order valence-electron chi connectivity index (χ4n) is 2.90. The maximum atomic E-state index is 12.4. The van der Waals surface area contributed by atoms with Crippen molar-refractivity contribution < 1.29 is 19.1 Å². The van der Waals surface area contributed by atoms with E-state index in [2.05, 4.69) is 5.32 Å². The molecule has 0 spiro atoms. The zero-order valence-electron chi connectivity index (χ0n) is 15.2. The second kappa shape index (κ2) is 8.79. The molecule has 1 atom stereocenters. The number of ether oxygens (including phenoxy) is 1. The van der Waals surface area contributed by atoms with Crippen molar-refractivity contribution in [3.63, 3.8) is 0 Å². The molecule has 1 aromatic rings. The van der Waals surface area contributed by atoms with Crippen LogP contribution >= 0.6 is 0 Å². The van der Waals surface area contributed by atoms with Crippen molar-refractivity contribution in [2.24, 2.45) is 11.8 Å². The summed E-state index contributed by atoms with van der Waals surface area (Å²) >= 11 is 0. The van der Waals surface area contributed by atoms with Crippen molar-refractivity contribution in [1.29, 1.82) is 0 Å². The van der Waals surface area contributed by atoms with Crippen molar-refractivity contribution >= 4 is 23.3 Å². The number of carbonyl (C=O) groups excluding carboxylic acids is 3. The zero-order valence-corrected chi connectivity index (χ0v) is 15.2. The Kier molecular flexibility index (Phi) is 6.73. The van der Waals surface area contributed by atoms with Crippen LogP contribution in [0.3, 0.4) is 0 Å². The number of nitrogens with one attached hydrogen (secondary N) is 1. The van der Waals surface area contributed by atoms with Crippen molar-refractivity contribution in [2.75, 3.05) is 5.32 Å². The summed E-state index contributed by atoms with van der Waals surface area (Å²) in [7, 11) is 0. The first-order valence-corrected chi connectivity index (χ1v) is 9.04. The molecule has 1 saturated carbocycles. The third kappa shape index (κ3) is 5.41. The molecule has 25 heavy (non-hydrogen) atoms. The van der Waals surface area contributed by atoms with E-state index in [0.717, 1.165) is 32.1 Å². The lowest BCUT2D eigenvalue weighted by Gasteiger charge is -2.22. The van der Waals surface area contributed by atoms with Crippen molar-refractivity contribution in [1.82, 2.24) is 0 Å². The quantitative estimate of drug-likeness (QED) is 0.625. The Hall–Kier alpha value is -2.17. The number of carbonyl (C=O) groups is 3. The average molecular weight is 345 g/mol. The Morgan fingerprint density at radius 3 is 2.16 bits per heavy atom. The molecule has 2 rings (SSSR count). The Balaban J connectivity index is 1.92. The summed E-state index contributed by atoms with van der Waals surface area (Å²) in [4.78, 5) is 36.3. The number of benzene rings is 1. The summed E-state index contributed by atoms with van der Waals surface area (Å²) in [6, 6.07) is 6.65. The SMILES string of the molecule is CC(C)C(=O)Nc1ccc(C(=O)C(C)OC(=O)C2CCCCC2)cc1. The van der Waals surface area contributed by atoms with Gasteiger partial charge in [-0.25, -0.2) is 0 Å². The van der Waals surface area contributed by atoms with E-state index >= 15 is 0 Å². The third-order valence-corrected chi connectivity index (χ3v) is 4.56. The Morgan fingerprint density at radius 1 is 1.00 bits per heavy atom. The van der Waals surface area contributed by atoms with E-state index in [1.54, 1.807) is 31.2 Å². The first-order chi connectivity index (χ1) is 11.9. The molecule has 1 aromatic carbocycles. The first-order valence-electron chi connectivity index (χ1n) is 9.04. The molecule has 0 aliphatic heterocycles. The first kappa shape index (κ1) is 19.2. The van der Waals surface area contributed by atoms with Crippen molar-refractivity contribution in [2.45, 2.75) is 59.0 Å². The molecular weight excluding hydrogens is 318 g/mol. The molecule has 5 nitrogen and oxygen atoms in total. The molecule has 0 heterocycles. The standard InChI is InChI=1S/C20H27NO4/c1-13(2)19(23)21-17-11-9-15(10-12-17)18(22)14(3)25-20(24)16-7-5-4-6-8-16/h9-14,16H,4-8H2,1-3H3,(H,21,23). The van der Waals surface area contributed by atoms with Crippen molar-refractivity contribution in [3.05, 3.63) is 29.8 Å². The smallest absolute Gasteiger partial charge is 0.309 e. The molecule has 1 N–H and O–H groups in total. The molecule has 1 aliphatic carbocycles. The van der Waals surface area contributed by atoms with Gasteiger partial charge >= 0.3 is 5.97 Å². The summed E-state index contributed by atoms with van der Waals surface area (Å²) < 4.78 is 5.37. The van der Waals surface area contributed by atoms with Crippen LogP contribution in [0.25, 0.3) is 0 Å². The third-order valence-electron chi connectivity index (χ3n) is 4.56. The minimum atomic E-state index is -0.800. The van der Waals surface area contributed by atoms with Gasteiger partial charge in [0.1, 0.15) is 0 Å². The lowest BCUT2D eigenvalue weighted by molar-refractivity contribution is -0.152. The second-order valence-electron chi connectivity index (χ2n) is 7.00. The van der Waals surface area contributed by atoms with Crippen LogP contribution in [0.15, 0.2) is 24.3 Å². The zero-order chi connectivity index (χ0) is 18.4. The van der Waals surface area contributed by atoms with Gasteiger partial charge < -0.3 is 10.1 Å². The topological polar surface area (TPSA) is 72.5 Å². The summed E-state index contributed by atoms with van der Waals surface area (Å²) in [5, 5.41) is 2.78. The Labute approximate surface area is 149 Å². The summed E-state index contributed by atoms with van der Waals surface area (Å²) in [6.45, 7) is 5.24. The van der Waals surface area contributed by atoms with Crippen LogP contribution in [0.4, 0.5) is 5.69 Å². The van der Waals surface area contributed by atoms with Gasteiger partial charge in [-0.05, 0) is 44.0 Å². The minimum absolute atomic E-state index is 0.0716. The molecule has 1 aliphatic rings. The lowest BCUT2D eigenvalue weighted by Crippen LogP contribution is -2.29. The highest BCUT2D eigenvalue weighted by atomic mass is 16.5. The van der Waals surface area contributed by atoms with Gasteiger partial charge in [-0.1, -0.05) is 33.1 Å². The van der Waals surface area contributed by atoms with Crippen LogP contribution in [0.5, 0.6) is 0 Å². The maximum Gasteiger partial charge on any atom is 0.309 e. The lowest BCUT2D eigenvalue weighted by atomic mass is 9.89. The van der Waals surface area contributed by atoms with Gasteiger partial charge in [-0.2, -0.15) is 0 Å². The van der Waals surface area contributed by atoms with Gasteiger partial charge in [-0.15, -0.1) is 0 Å². The molecule has 1 fully saturated rings. The number of ketones is 1. The Bertz CT molecular complexity index is 615. The van der Waals surface area contributed by atoms with Gasteiger partial charge in [0.2, 0.25) is 11.7 Å². The minimum Gasteiger partial charge on any atom is -0.454 e. The molecule has 1 amide bonds. The van der Waals surface area contributed by atoms with E-state index in [1.165, 1.54) is 0 Å². The summed E-state index contributed by atoms with van der Waals surface area (Å²) in [5.41, 5.74) is 1.11. The number of rotatable bonds is 6. The van der Waals surface area contributed by atoms with Crippen LogP contribution in [0.1, 0.15) is 63.2 Å². The van der Waals surface area contributed by atoms with Crippen LogP contribution < -0.4 is 5.32 Å². The number of hydrogen-bond donors (Lipinski definition) is 1. The molecule has 5 heteroatoms. The summed E-state index contributed by atoms with van der Waals surface area (Å²) in [5.74, 6) is -0.751. The highest BCUT2D eigenvalue weighted by Gasteiger charge is 2.26. The highest BCUT2D eigenvalue weighted by Crippen LogP contribution is 2.25. The van der Waals surface area contributed by atoms with Crippen LogP contribution in [-0.4, -0.2) is 23.8 Å². The number of Topliss-reactive ketones (excluding diaryl/α,β-unsaturated/α-hetero) is 1. The average Bonchev–Trinajstić information content (AvgIpc) is 2.62. The summed E-state index contributed by atoms with van der Waals surface area (Å²) in [6.07, 6.45) is 4.16. The largest absolute Gasteiger partial charge is 0.454 e. The molecule has 1 unspecified atom stereocenters. The molecule has 0 bridgehead atoms.